The molecular weight excluding hydrogens is 228 g/mol. The summed E-state index contributed by atoms with van der Waals surface area (Å²) in [4.78, 5) is 2.30. The molecule has 4 heteroatoms. The van der Waals surface area contributed by atoms with E-state index < -0.39 is 0 Å². The van der Waals surface area contributed by atoms with Crippen molar-refractivity contribution in [1.29, 1.82) is 0 Å². The monoisotopic (exact) mass is 250 g/mol. The van der Waals surface area contributed by atoms with E-state index in [1.165, 1.54) is 5.56 Å². The molecule has 0 saturated carbocycles. The topological polar surface area (TPSA) is 47.7 Å². The third kappa shape index (κ3) is 2.53. The molecule has 0 aliphatic carbocycles. The van der Waals surface area contributed by atoms with E-state index in [4.69, 9.17) is 15.2 Å². The van der Waals surface area contributed by atoms with Crippen molar-refractivity contribution < 1.29 is 9.47 Å². The van der Waals surface area contributed by atoms with Crippen molar-refractivity contribution in [2.75, 3.05) is 44.0 Å². The zero-order valence-electron chi connectivity index (χ0n) is 11.4. The molecule has 1 saturated heterocycles. The first-order valence-corrected chi connectivity index (χ1v) is 6.43. The molecule has 0 amide bonds. The molecule has 0 atom stereocenters. The lowest BCUT2D eigenvalue weighted by molar-refractivity contribution is 0.122. The molecule has 2 N–H and O–H groups in total. The maximum Gasteiger partial charge on any atom is 0.144 e. The number of benzene rings is 1. The lowest BCUT2D eigenvalue weighted by atomic mass is 9.99. The molecule has 1 fully saturated rings. The van der Waals surface area contributed by atoms with E-state index in [0.29, 0.717) is 5.92 Å². The van der Waals surface area contributed by atoms with Gasteiger partial charge in [-0.05, 0) is 17.5 Å². The van der Waals surface area contributed by atoms with Crippen LogP contribution in [0.3, 0.4) is 0 Å². The summed E-state index contributed by atoms with van der Waals surface area (Å²) in [6.07, 6.45) is 0. The minimum Gasteiger partial charge on any atom is -0.495 e. The molecule has 0 radical (unpaired) electrons. The summed E-state index contributed by atoms with van der Waals surface area (Å²) in [5.41, 5.74) is 9.18. The predicted octanol–water partition coefficient (Wildman–Crippen LogP) is 2.24. The zero-order chi connectivity index (χ0) is 13.1. The highest BCUT2D eigenvalue weighted by Crippen LogP contribution is 2.36. The maximum atomic E-state index is 6.07. The van der Waals surface area contributed by atoms with Crippen LogP contribution in [0.5, 0.6) is 5.75 Å². The Morgan fingerprint density at radius 1 is 1.28 bits per heavy atom. The SMILES string of the molecule is COc1cc(N)c(C(C)C)cc1N1CCOCC1. The summed E-state index contributed by atoms with van der Waals surface area (Å²) >= 11 is 0. The van der Waals surface area contributed by atoms with E-state index in [1.807, 2.05) is 6.07 Å². The quantitative estimate of drug-likeness (QED) is 0.836. The number of anilines is 2. The number of methoxy groups -OCH3 is 1. The number of ether oxygens (including phenoxy) is 2. The van der Waals surface area contributed by atoms with E-state index in [2.05, 4.69) is 24.8 Å². The van der Waals surface area contributed by atoms with E-state index in [0.717, 1.165) is 43.4 Å². The normalized spacial score (nSPS) is 16.1. The summed E-state index contributed by atoms with van der Waals surface area (Å²) in [5.74, 6) is 1.26. The highest BCUT2D eigenvalue weighted by Gasteiger charge is 2.18. The van der Waals surface area contributed by atoms with Crippen LogP contribution >= 0.6 is 0 Å². The second-order valence-corrected chi connectivity index (χ2v) is 4.91. The summed E-state index contributed by atoms with van der Waals surface area (Å²) < 4.78 is 10.8. The molecule has 0 bridgehead atoms. The summed E-state index contributed by atoms with van der Waals surface area (Å²) in [6.45, 7) is 7.65. The smallest absolute Gasteiger partial charge is 0.144 e. The number of rotatable bonds is 3. The molecule has 18 heavy (non-hydrogen) atoms. The fourth-order valence-corrected chi connectivity index (χ4v) is 2.32. The fraction of sp³-hybridized carbons (Fsp3) is 0.571. The summed E-state index contributed by atoms with van der Waals surface area (Å²) in [6, 6.07) is 4.09. The highest BCUT2D eigenvalue weighted by molar-refractivity contribution is 5.68. The first-order chi connectivity index (χ1) is 8.63. The standard InChI is InChI=1S/C14H22N2O2/c1-10(2)11-8-13(14(17-3)9-12(11)15)16-4-6-18-7-5-16/h8-10H,4-7,15H2,1-3H3. The minimum absolute atomic E-state index is 0.413. The lowest BCUT2D eigenvalue weighted by Crippen LogP contribution is -2.36. The first kappa shape index (κ1) is 13.0. The molecule has 1 heterocycles. The summed E-state index contributed by atoms with van der Waals surface area (Å²) in [7, 11) is 1.69. The predicted molar refractivity (Wildman–Crippen MR) is 74.5 cm³/mol. The van der Waals surface area contributed by atoms with Gasteiger partial charge in [0.15, 0.2) is 0 Å². The molecule has 0 aromatic heterocycles. The second-order valence-electron chi connectivity index (χ2n) is 4.91. The Bertz CT molecular complexity index is 413. The average Bonchev–Trinajstić information content (AvgIpc) is 2.39. The van der Waals surface area contributed by atoms with Crippen molar-refractivity contribution in [2.45, 2.75) is 19.8 Å². The minimum atomic E-state index is 0.413. The average molecular weight is 250 g/mol. The second kappa shape index (κ2) is 5.48. The van der Waals surface area contributed by atoms with Gasteiger partial charge in [0.1, 0.15) is 5.75 Å². The number of hydrogen-bond donors (Lipinski definition) is 1. The van der Waals surface area contributed by atoms with Gasteiger partial charge < -0.3 is 20.1 Å². The zero-order valence-corrected chi connectivity index (χ0v) is 11.4. The Kier molecular flexibility index (Phi) is 3.97. The molecule has 4 nitrogen and oxygen atoms in total. The van der Waals surface area contributed by atoms with Crippen LogP contribution in [0.1, 0.15) is 25.3 Å². The van der Waals surface area contributed by atoms with Gasteiger partial charge in [-0.25, -0.2) is 0 Å². The van der Waals surface area contributed by atoms with E-state index in [1.54, 1.807) is 7.11 Å². The van der Waals surface area contributed by atoms with Crippen molar-refractivity contribution in [3.05, 3.63) is 17.7 Å². The number of morpholine rings is 1. The molecule has 1 aliphatic heterocycles. The van der Waals surface area contributed by atoms with Gasteiger partial charge in [0.2, 0.25) is 0 Å². The number of nitrogens with zero attached hydrogens (tertiary/aromatic N) is 1. The van der Waals surface area contributed by atoms with Crippen molar-refractivity contribution >= 4 is 11.4 Å². The fourth-order valence-electron chi connectivity index (χ4n) is 2.32. The number of hydrogen-bond acceptors (Lipinski definition) is 4. The third-order valence-corrected chi connectivity index (χ3v) is 3.36. The molecular formula is C14H22N2O2. The van der Waals surface area contributed by atoms with Crippen LogP contribution in [0.4, 0.5) is 11.4 Å². The highest BCUT2D eigenvalue weighted by atomic mass is 16.5. The van der Waals surface area contributed by atoms with Crippen molar-refractivity contribution in [3.63, 3.8) is 0 Å². The van der Waals surface area contributed by atoms with Crippen LogP contribution in [0.15, 0.2) is 12.1 Å². The van der Waals surface area contributed by atoms with Crippen LogP contribution in [0.25, 0.3) is 0 Å². The van der Waals surface area contributed by atoms with Crippen LogP contribution < -0.4 is 15.4 Å². The van der Waals surface area contributed by atoms with Gasteiger partial charge in [-0.2, -0.15) is 0 Å². The largest absolute Gasteiger partial charge is 0.495 e. The molecule has 0 unspecified atom stereocenters. The maximum absolute atomic E-state index is 6.07. The molecule has 2 rings (SSSR count). The van der Waals surface area contributed by atoms with Gasteiger partial charge in [0.05, 0.1) is 26.0 Å². The molecule has 0 spiro atoms. The van der Waals surface area contributed by atoms with Gasteiger partial charge in [-0.1, -0.05) is 13.8 Å². The van der Waals surface area contributed by atoms with Gasteiger partial charge in [0.25, 0.3) is 0 Å². The Balaban J connectivity index is 2.39. The molecule has 1 aromatic carbocycles. The Morgan fingerprint density at radius 2 is 1.94 bits per heavy atom. The number of nitrogens with two attached hydrogens (primary N) is 1. The van der Waals surface area contributed by atoms with Gasteiger partial charge in [0, 0.05) is 24.8 Å². The van der Waals surface area contributed by atoms with Crippen LogP contribution in [0.2, 0.25) is 0 Å². The van der Waals surface area contributed by atoms with Crippen molar-refractivity contribution in [1.82, 2.24) is 0 Å². The van der Waals surface area contributed by atoms with Crippen LogP contribution in [0, 0.1) is 0 Å². The Morgan fingerprint density at radius 3 is 2.50 bits per heavy atom. The van der Waals surface area contributed by atoms with E-state index in [-0.39, 0.29) is 0 Å². The van der Waals surface area contributed by atoms with E-state index in [9.17, 15) is 0 Å². The number of nitrogen functional groups attached to an aromatic ring is 1. The van der Waals surface area contributed by atoms with Crippen LogP contribution in [-0.2, 0) is 4.74 Å². The molecule has 1 aliphatic rings. The lowest BCUT2D eigenvalue weighted by Gasteiger charge is -2.31. The first-order valence-electron chi connectivity index (χ1n) is 6.43. The van der Waals surface area contributed by atoms with Gasteiger partial charge >= 0.3 is 0 Å². The van der Waals surface area contributed by atoms with E-state index >= 15 is 0 Å². The Hall–Kier alpha value is -1.42. The van der Waals surface area contributed by atoms with Crippen molar-refractivity contribution in [3.8, 4) is 5.75 Å². The Labute approximate surface area is 109 Å². The molecule has 100 valence electrons. The van der Waals surface area contributed by atoms with Crippen LogP contribution in [-0.4, -0.2) is 33.4 Å². The summed E-state index contributed by atoms with van der Waals surface area (Å²) in [5, 5.41) is 0. The van der Waals surface area contributed by atoms with Crippen molar-refractivity contribution in [2.24, 2.45) is 0 Å². The molecule has 1 aromatic rings. The third-order valence-electron chi connectivity index (χ3n) is 3.36. The van der Waals surface area contributed by atoms with Gasteiger partial charge in [-0.15, -0.1) is 0 Å². The van der Waals surface area contributed by atoms with Gasteiger partial charge in [-0.3, -0.25) is 0 Å².